The third-order valence-corrected chi connectivity index (χ3v) is 5.07. The van der Waals surface area contributed by atoms with Crippen molar-refractivity contribution < 1.29 is 14.6 Å². The highest BCUT2D eigenvalue weighted by Crippen LogP contribution is 2.27. The lowest BCUT2D eigenvalue weighted by Gasteiger charge is -2.37. The minimum Gasteiger partial charge on any atom is -0.504 e. The first-order valence-corrected chi connectivity index (χ1v) is 10.5. The number of phenolic OH excluding ortho intramolecular Hbond substituents is 1. The van der Waals surface area contributed by atoms with Gasteiger partial charge in [-0.1, -0.05) is 12.1 Å². The number of aromatic hydroxyl groups is 1. The topological polar surface area (TPSA) is 69.6 Å². The van der Waals surface area contributed by atoms with Crippen molar-refractivity contribution in [3.05, 3.63) is 48.0 Å². The molecule has 1 aliphatic rings. The Balaban J connectivity index is 0.00000341. The average molecular weight is 540 g/mol. The largest absolute Gasteiger partial charge is 0.504 e. The second kappa shape index (κ2) is 12.5. The van der Waals surface area contributed by atoms with Crippen LogP contribution in [0.25, 0.3) is 0 Å². The molecule has 0 aliphatic carbocycles. The van der Waals surface area contributed by atoms with Crippen LogP contribution in [0.2, 0.25) is 0 Å². The maximum atomic E-state index is 9.89. The van der Waals surface area contributed by atoms with Crippen molar-refractivity contribution in [3.8, 4) is 17.2 Å². The quantitative estimate of drug-likeness (QED) is 0.317. The number of methoxy groups -OCH3 is 1. The van der Waals surface area contributed by atoms with Crippen molar-refractivity contribution >= 4 is 35.6 Å². The van der Waals surface area contributed by atoms with Gasteiger partial charge in [-0.25, -0.2) is 4.99 Å². The molecule has 0 radical (unpaired) electrons. The summed E-state index contributed by atoms with van der Waals surface area (Å²) in [6.07, 6.45) is 0. The SMILES string of the molecule is CCNC(=NCc1ccc(O)c(OCC)c1)N1CCN(c2cccc(OC)c2)CC1.I. The van der Waals surface area contributed by atoms with E-state index in [1.807, 2.05) is 31.2 Å². The Morgan fingerprint density at radius 3 is 2.55 bits per heavy atom. The van der Waals surface area contributed by atoms with E-state index in [1.165, 1.54) is 5.69 Å². The van der Waals surface area contributed by atoms with Gasteiger partial charge in [0.05, 0.1) is 20.3 Å². The number of halogens is 1. The molecule has 2 aromatic carbocycles. The number of guanidine groups is 1. The maximum Gasteiger partial charge on any atom is 0.194 e. The normalized spacial score (nSPS) is 14.1. The van der Waals surface area contributed by atoms with E-state index in [4.69, 9.17) is 14.5 Å². The van der Waals surface area contributed by atoms with E-state index in [2.05, 4.69) is 34.2 Å². The van der Waals surface area contributed by atoms with Crippen LogP contribution in [-0.2, 0) is 6.54 Å². The zero-order valence-electron chi connectivity index (χ0n) is 18.5. The zero-order chi connectivity index (χ0) is 21.3. The minimum absolute atomic E-state index is 0. The molecule has 1 heterocycles. The molecule has 0 spiro atoms. The molecule has 8 heteroatoms. The van der Waals surface area contributed by atoms with Crippen LogP contribution in [0, 0.1) is 0 Å². The van der Waals surface area contributed by atoms with Gasteiger partial charge in [-0.15, -0.1) is 24.0 Å². The molecule has 31 heavy (non-hydrogen) atoms. The monoisotopic (exact) mass is 540 g/mol. The van der Waals surface area contributed by atoms with Crippen molar-refractivity contribution in [3.63, 3.8) is 0 Å². The molecule has 0 bridgehead atoms. The minimum atomic E-state index is 0. The van der Waals surface area contributed by atoms with Crippen LogP contribution in [0.5, 0.6) is 17.2 Å². The standard InChI is InChI=1S/C23H32N4O3.HI/c1-4-24-23(25-17-18-9-10-21(28)22(15-18)30-5-2)27-13-11-26(12-14-27)19-7-6-8-20(16-19)29-3;/h6-10,15-16,28H,4-5,11-14,17H2,1-3H3,(H,24,25);1H. The lowest BCUT2D eigenvalue weighted by atomic mass is 10.2. The van der Waals surface area contributed by atoms with E-state index in [1.54, 1.807) is 13.2 Å². The van der Waals surface area contributed by atoms with Crippen LogP contribution >= 0.6 is 24.0 Å². The smallest absolute Gasteiger partial charge is 0.194 e. The van der Waals surface area contributed by atoms with E-state index in [9.17, 15) is 5.11 Å². The van der Waals surface area contributed by atoms with Crippen molar-refractivity contribution in [1.82, 2.24) is 10.2 Å². The molecule has 1 fully saturated rings. The van der Waals surface area contributed by atoms with Gasteiger partial charge in [-0.3, -0.25) is 0 Å². The highest BCUT2D eigenvalue weighted by Gasteiger charge is 2.20. The summed E-state index contributed by atoms with van der Waals surface area (Å²) in [5.41, 5.74) is 2.19. The van der Waals surface area contributed by atoms with Crippen LogP contribution in [-0.4, -0.2) is 62.4 Å². The Kier molecular flexibility index (Phi) is 10.0. The fourth-order valence-corrected chi connectivity index (χ4v) is 3.50. The second-order valence-electron chi connectivity index (χ2n) is 7.08. The summed E-state index contributed by atoms with van der Waals surface area (Å²) in [7, 11) is 1.70. The molecule has 7 nitrogen and oxygen atoms in total. The Morgan fingerprint density at radius 2 is 1.87 bits per heavy atom. The number of hydrogen-bond donors (Lipinski definition) is 2. The van der Waals surface area contributed by atoms with E-state index >= 15 is 0 Å². The van der Waals surface area contributed by atoms with Crippen molar-refractivity contribution in [2.75, 3.05) is 51.3 Å². The van der Waals surface area contributed by atoms with Gasteiger partial charge in [-0.05, 0) is 43.7 Å². The molecular formula is C23H33IN4O3. The lowest BCUT2D eigenvalue weighted by Crippen LogP contribution is -2.52. The number of benzene rings is 2. The van der Waals surface area contributed by atoms with E-state index < -0.39 is 0 Å². The molecule has 0 atom stereocenters. The Morgan fingerprint density at radius 1 is 1.10 bits per heavy atom. The number of hydrogen-bond acceptors (Lipinski definition) is 5. The van der Waals surface area contributed by atoms with Crippen LogP contribution in [0.4, 0.5) is 5.69 Å². The summed E-state index contributed by atoms with van der Waals surface area (Å²) in [6.45, 7) is 9.46. The zero-order valence-corrected chi connectivity index (χ0v) is 20.8. The van der Waals surface area contributed by atoms with Crippen molar-refractivity contribution in [2.24, 2.45) is 4.99 Å². The molecule has 2 aromatic rings. The van der Waals surface area contributed by atoms with Gasteiger partial charge in [-0.2, -0.15) is 0 Å². The predicted octanol–water partition coefficient (Wildman–Crippen LogP) is 3.71. The summed E-state index contributed by atoms with van der Waals surface area (Å²) in [4.78, 5) is 9.49. The van der Waals surface area contributed by atoms with Gasteiger partial charge >= 0.3 is 0 Å². The maximum absolute atomic E-state index is 9.89. The molecule has 0 unspecified atom stereocenters. The molecular weight excluding hydrogens is 507 g/mol. The van der Waals surface area contributed by atoms with Crippen LogP contribution in [0.3, 0.4) is 0 Å². The van der Waals surface area contributed by atoms with Gasteiger partial charge < -0.3 is 29.7 Å². The van der Waals surface area contributed by atoms with Crippen LogP contribution in [0.1, 0.15) is 19.4 Å². The van der Waals surface area contributed by atoms with Gasteiger partial charge in [0.2, 0.25) is 0 Å². The number of nitrogens with one attached hydrogen (secondary N) is 1. The first-order valence-electron chi connectivity index (χ1n) is 10.5. The number of aliphatic imine (C=N–C) groups is 1. The number of ether oxygens (including phenoxy) is 2. The molecule has 3 rings (SSSR count). The van der Waals surface area contributed by atoms with E-state index in [0.717, 1.165) is 50.0 Å². The Labute approximate surface area is 202 Å². The summed E-state index contributed by atoms with van der Waals surface area (Å²) < 4.78 is 10.8. The number of piperazine rings is 1. The highest BCUT2D eigenvalue weighted by molar-refractivity contribution is 14.0. The van der Waals surface area contributed by atoms with E-state index in [0.29, 0.717) is 18.9 Å². The molecule has 0 amide bonds. The summed E-state index contributed by atoms with van der Waals surface area (Å²) >= 11 is 0. The first kappa shape index (κ1) is 24.9. The van der Waals surface area contributed by atoms with Crippen molar-refractivity contribution in [1.29, 1.82) is 0 Å². The Hall–Kier alpha value is -2.36. The fourth-order valence-electron chi connectivity index (χ4n) is 3.50. The summed E-state index contributed by atoms with van der Waals surface area (Å²) in [5.74, 6) is 2.45. The van der Waals surface area contributed by atoms with E-state index in [-0.39, 0.29) is 29.7 Å². The predicted molar refractivity (Wildman–Crippen MR) is 136 cm³/mol. The number of phenols is 1. The number of nitrogens with zero attached hydrogens (tertiary/aromatic N) is 3. The third-order valence-electron chi connectivity index (χ3n) is 5.07. The molecule has 1 saturated heterocycles. The molecule has 170 valence electrons. The van der Waals surface area contributed by atoms with Gasteiger partial charge in [0, 0.05) is 44.5 Å². The van der Waals surface area contributed by atoms with Gasteiger partial charge in [0.25, 0.3) is 0 Å². The fraction of sp³-hybridized carbons (Fsp3) is 0.435. The third kappa shape index (κ3) is 6.81. The van der Waals surface area contributed by atoms with Crippen LogP contribution < -0.4 is 19.7 Å². The molecule has 2 N–H and O–H groups in total. The van der Waals surface area contributed by atoms with Crippen LogP contribution in [0.15, 0.2) is 47.5 Å². The molecule has 0 saturated carbocycles. The lowest BCUT2D eigenvalue weighted by molar-refractivity contribution is 0.317. The first-order chi connectivity index (χ1) is 14.6. The Bertz CT molecular complexity index is 854. The summed E-state index contributed by atoms with van der Waals surface area (Å²) in [5, 5.41) is 13.3. The molecule has 0 aromatic heterocycles. The average Bonchev–Trinajstić information content (AvgIpc) is 2.79. The van der Waals surface area contributed by atoms with Crippen molar-refractivity contribution in [2.45, 2.75) is 20.4 Å². The number of rotatable bonds is 7. The summed E-state index contributed by atoms with van der Waals surface area (Å²) in [6, 6.07) is 13.6. The molecule has 1 aliphatic heterocycles. The van der Waals surface area contributed by atoms with Gasteiger partial charge in [0.1, 0.15) is 5.75 Å². The van der Waals surface area contributed by atoms with Gasteiger partial charge in [0.15, 0.2) is 17.5 Å². The number of anilines is 1. The highest BCUT2D eigenvalue weighted by atomic mass is 127. The second-order valence-corrected chi connectivity index (χ2v) is 7.08.